The van der Waals surface area contributed by atoms with Crippen molar-refractivity contribution in [1.82, 2.24) is 10.3 Å². The summed E-state index contributed by atoms with van der Waals surface area (Å²) in [6.07, 6.45) is 4.24. The largest absolute Gasteiger partial charge is 0.492 e. The van der Waals surface area contributed by atoms with Gasteiger partial charge in [-0.15, -0.1) is 0 Å². The van der Waals surface area contributed by atoms with Crippen molar-refractivity contribution in [2.75, 3.05) is 13.2 Å². The number of nitrogens with one attached hydrogen (secondary N) is 1. The van der Waals surface area contributed by atoms with E-state index in [1.165, 1.54) is 12.8 Å². The Morgan fingerprint density at radius 1 is 1.28 bits per heavy atom. The summed E-state index contributed by atoms with van der Waals surface area (Å²) in [5, 5.41) is 3.34. The Morgan fingerprint density at radius 2 is 2.06 bits per heavy atom. The molecular weight excluding hydrogens is 224 g/mol. The van der Waals surface area contributed by atoms with E-state index < -0.39 is 0 Å². The first-order valence-electron chi connectivity index (χ1n) is 6.99. The van der Waals surface area contributed by atoms with Gasteiger partial charge in [-0.25, -0.2) is 0 Å². The zero-order valence-electron chi connectivity index (χ0n) is 12.1. The number of hydrogen-bond acceptors (Lipinski definition) is 3. The molecule has 0 fully saturated rings. The van der Waals surface area contributed by atoms with Crippen LogP contribution in [0.1, 0.15) is 52.3 Å². The molecule has 0 aromatic carbocycles. The van der Waals surface area contributed by atoms with Gasteiger partial charge in [0.1, 0.15) is 5.75 Å². The minimum absolute atomic E-state index is 0.295. The van der Waals surface area contributed by atoms with Crippen LogP contribution in [0.2, 0.25) is 0 Å². The smallest absolute Gasteiger partial charge is 0.137 e. The number of rotatable bonds is 8. The Labute approximate surface area is 111 Å². The molecule has 3 heteroatoms. The summed E-state index contributed by atoms with van der Waals surface area (Å²) in [7, 11) is 0. The summed E-state index contributed by atoms with van der Waals surface area (Å²) in [6, 6.07) is 4.34. The van der Waals surface area contributed by atoms with Crippen LogP contribution in [0.3, 0.4) is 0 Å². The highest BCUT2D eigenvalue weighted by Gasteiger charge is 2.06. The first-order chi connectivity index (χ1) is 8.67. The Hall–Kier alpha value is -1.09. The van der Waals surface area contributed by atoms with Crippen LogP contribution in [-0.2, 0) is 0 Å². The lowest BCUT2D eigenvalue weighted by molar-refractivity contribution is 0.250. The normalized spacial score (nSPS) is 14.2. The molecule has 1 aromatic heterocycles. The average Bonchev–Trinajstić information content (AvgIpc) is 2.37. The molecule has 1 heterocycles. The van der Waals surface area contributed by atoms with Gasteiger partial charge in [-0.3, -0.25) is 4.98 Å². The summed E-state index contributed by atoms with van der Waals surface area (Å²) >= 11 is 0. The maximum Gasteiger partial charge on any atom is 0.137 e. The number of aromatic nitrogens is 1. The van der Waals surface area contributed by atoms with Crippen molar-refractivity contribution in [1.29, 1.82) is 0 Å². The quantitative estimate of drug-likeness (QED) is 0.766. The lowest BCUT2D eigenvalue weighted by Gasteiger charge is -2.14. The topological polar surface area (TPSA) is 34.1 Å². The standard InChI is InChI=1S/C15H26N2O/c1-5-7-12(3)11-18-14-8-9-15(17-10-14)13(4)16-6-2/h8-10,12-13,16H,5-7,11H2,1-4H3. The Balaban J connectivity index is 2.45. The summed E-state index contributed by atoms with van der Waals surface area (Å²) < 4.78 is 5.73. The molecule has 1 N–H and O–H groups in total. The SMILES string of the molecule is CCCC(C)COc1ccc(C(C)NCC)nc1. The predicted octanol–water partition coefficient (Wildman–Crippen LogP) is 3.57. The second-order valence-electron chi connectivity index (χ2n) is 4.90. The monoisotopic (exact) mass is 250 g/mol. The van der Waals surface area contributed by atoms with Crippen LogP contribution in [0.5, 0.6) is 5.75 Å². The molecule has 102 valence electrons. The molecule has 0 aliphatic heterocycles. The molecule has 0 bridgehead atoms. The number of ether oxygens (including phenoxy) is 1. The van der Waals surface area contributed by atoms with Crippen LogP contribution in [-0.4, -0.2) is 18.1 Å². The zero-order valence-corrected chi connectivity index (χ0v) is 12.1. The third-order valence-corrected chi connectivity index (χ3v) is 3.03. The minimum atomic E-state index is 0.295. The average molecular weight is 250 g/mol. The molecule has 0 saturated carbocycles. The molecule has 3 nitrogen and oxygen atoms in total. The Morgan fingerprint density at radius 3 is 2.61 bits per heavy atom. The molecule has 1 rings (SSSR count). The molecule has 0 amide bonds. The van der Waals surface area contributed by atoms with Crippen molar-refractivity contribution in [3.63, 3.8) is 0 Å². The molecule has 0 spiro atoms. The van der Waals surface area contributed by atoms with E-state index in [0.717, 1.165) is 24.6 Å². The second-order valence-corrected chi connectivity index (χ2v) is 4.90. The van der Waals surface area contributed by atoms with Crippen LogP contribution in [0.15, 0.2) is 18.3 Å². The van der Waals surface area contributed by atoms with Crippen molar-refractivity contribution in [3.05, 3.63) is 24.0 Å². The van der Waals surface area contributed by atoms with E-state index in [4.69, 9.17) is 4.74 Å². The van der Waals surface area contributed by atoms with E-state index in [9.17, 15) is 0 Å². The molecule has 0 aliphatic rings. The van der Waals surface area contributed by atoms with Crippen molar-refractivity contribution in [2.45, 2.75) is 46.6 Å². The van der Waals surface area contributed by atoms with Crippen molar-refractivity contribution < 1.29 is 4.74 Å². The van der Waals surface area contributed by atoms with Gasteiger partial charge in [0.05, 0.1) is 18.5 Å². The molecule has 0 aliphatic carbocycles. The fourth-order valence-corrected chi connectivity index (χ4v) is 1.96. The van der Waals surface area contributed by atoms with E-state index >= 15 is 0 Å². The molecular formula is C15H26N2O. The predicted molar refractivity (Wildman–Crippen MR) is 75.9 cm³/mol. The zero-order chi connectivity index (χ0) is 13.4. The third-order valence-electron chi connectivity index (χ3n) is 3.03. The van der Waals surface area contributed by atoms with Crippen LogP contribution in [0.25, 0.3) is 0 Å². The summed E-state index contributed by atoms with van der Waals surface area (Å²) in [5.41, 5.74) is 1.06. The van der Waals surface area contributed by atoms with Gasteiger partial charge in [-0.05, 0) is 37.9 Å². The number of hydrogen-bond donors (Lipinski definition) is 1. The third kappa shape index (κ3) is 5.05. The van der Waals surface area contributed by atoms with Crippen molar-refractivity contribution >= 4 is 0 Å². The molecule has 0 saturated heterocycles. The van der Waals surface area contributed by atoms with E-state index in [2.05, 4.69) is 38.0 Å². The van der Waals surface area contributed by atoms with E-state index in [0.29, 0.717) is 12.0 Å². The van der Waals surface area contributed by atoms with E-state index in [1.54, 1.807) is 0 Å². The Bertz CT molecular complexity index is 324. The minimum Gasteiger partial charge on any atom is -0.492 e. The van der Waals surface area contributed by atoms with E-state index in [-0.39, 0.29) is 0 Å². The first-order valence-corrected chi connectivity index (χ1v) is 6.99. The second kappa shape index (κ2) is 8.09. The van der Waals surface area contributed by atoms with Gasteiger partial charge in [0, 0.05) is 6.04 Å². The van der Waals surface area contributed by atoms with Gasteiger partial charge >= 0.3 is 0 Å². The Kier molecular flexibility index (Phi) is 6.73. The van der Waals surface area contributed by atoms with Gasteiger partial charge in [0.15, 0.2) is 0 Å². The van der Waals surface area contributed by atoms with Gasteiger partial charge < -0.3 is 10.1 Å². The fraction of sp³-hybridized carbons (Fsp3) is 0.667. The van der Waals surface area contributed by atoms with Crippen molar-refractivity contribution in [3.8, 4) is 5.75 Å². The van der Waals surface area contributed by atoms with Crippen LogP contribution in [0.4, 0.5) is 0 Å². The molecule has 18 heavy (non-hydrogen) atoms. The number of pyridine rings is 1. The highest BCUT2D eigenvalue weighted by atomic mass is 16.5. The summed E-state index contributed by atoms with van der Waals surface area (Å²) in [4.78, 5) is 4.43. The van der Waals surface area contributed by atoms with Gasteiger partial charge in [0.2, 0.25) is 0 Å². The van der Waals surface area contributed by atoms with Gasteiger partial charge in [-0.1, -0.05) is 27.2 Å². The van der Waals surface area contributed by atoms with Crippen LogP contribution < -0.4 is 10.1 Å². The highest BCUT2D eigenvalue weighted by molar-refractivity contribution is 5.21. The number of nitrogens with zero attached hydrogens (tertiary/aromatic N) is 1. The fourth-order valence-electron chi connectivity index (χ4n) is 1.96. The summed E-state index contributed by atoms with van der Waals surface area (Å²) in [5.74, 6) is 1.47. The summed E-state index contributed by atoms with van der Waals surface area (Å²) in [6.45, 7) is 10.4. The molecule has 0 radical (unpaired) electrons. The van der Waals surface area contributed by atoms with Crippen LogP contribution >= 0.6 is 0 Å². The van der Waals surface area contributed by atoms with Crippen molar-refractivity contribution in [2.24, 2.45) is 5.92 Å². The molecule has 2 atom stereocenters. The van der Waals surface area contributed by atoms with Crippen LogP contribution in [0, 0.1) is 5.92 Å². The first kappa shape index (κ1) is 15.0. The van der Waals surface area contributed by atoms with Gasteiger partial charge in [0.25, 0.3) is 0 Å². The highest BCUT2D eigenvalue weighted by Crippen LogP contribution is 2.15. The molecule has 2 unspecified atom stereocenters. The maximum absolute atomic E-state index is 5.73. The molecule has 1 aromatic rings. The lowest BCUT2D eigenvalue weighted by Crippen LogP contribution is -2.18. The lowest BCUT2D eigenvalue weighted by atomic mass is 10.1. The van der Waals surface area contributed by atoms with Gasteiger partial charge in [-0.2, -0.15) is 0 Å². The maximum atomic E-state index is 5.73. The van der Waals surface area contributed by atoms with E-state index in [1.807, 2.05) is 18.3 Å².